The second kappa shape index (κ2) is 9.12. The summed E-state index contributed by atoms with van der Waals surface area (Å²) in [6.07, 6.45) is 1.40. The van der Waals surface area contributed by atoms with E-state index in [2.05, 4.69) is 4.98 Å². The number of pyridine rings is 1. The number of ether oxygens (including phenoxy) is 1. The normalized spacial score (nSPS) is 30.7. The molecular formula is C19H22ClNO8P2. The van der Waals surface area contributed by atoms with Gasteiger partial charge in [0.15, 0.2) is 0 Å². The molecule has 2 N–H and O–H groups in total. The van der Waals surface area contributed by atoms with Gasteiger partial charge in [0.2, 0.25) is 18.7 Å². The molecular weight excluding hydrogens is 468 g/mol. The molecule has 0 aliphatic carbocycles. The number of aliphatic hydroxyl groups is 1. The number of hydrogen-bond donors (Lipinski definition) is 2. The molecule has 1 aromatic carbocycles. The van der Waals surface area contributed by atoms with Gasteiger partial charge < -0.3 is 14.7 Å². The van der Waals surface area contributed by atoms with Crippen molar-refractivity contribution in [2.75, 3.05) is 6.66 Å². The molecule has 2 aromatic rings. The molecule has 0 radical (unpaired) electrons. The molecule has 1 aromatic heterocycles. The van der Waals surface area contributed by atoms with E-state index in [-0.39, 0.29) is 22.8 Å². The van der Waals surface area contributed by atoms with Crippen LogP contribution in [0.15, 0.2) is 42.7 Å². The molecule has 0 bridgehead atoms. The molecule has 1 aliphatic heterocycles. The van der Waals surface area contributed by atoms with Gasteiger partial charge in [-0.05, 0) is 36.2 Å². The summed E-state index contributed by atoms with van der Waals surface area (Å²) in [5.74, 6) is -0.563. The maximum absolute atomic E-state index is 13.4. The van der Waals surface area contributed by atoms with Gasteiger partial charge in [-0.2, -0.15) is 0 Å². The lowest BCUT2D eigenvalue weighted by molar-refractivity contribution is -0.134. The van der Waals surface area contributed by atoms with Gasteiger partial charge in [0.05, 0.1) is 5.56 Å². The molecule has 0 saturated carbocycles. The third-order valence-corrected chi connectivity index (χ3v) is 10.4. The van der Waals surface area contributed by atoms with E-state index in [1.807, 2.05) is 0 Å². The zero-order valence-electron chi connectivity index (χ0n) is 16.8. The molecule has 1 fully saturated rings. The Balaban J connectivity index is 1.98. The number of aromatic nitrogens is 1. The Labute approximate surface area is 184 Å². The monoisotopic (exact) mass is 489 g/mol. The highest BCUT2D eigenvalue weighted by atomic mass is 35.5. The first-order valence-electron chi connectivity index (χ1n) is 9.38. The summed E-state index contributed by atoms with van der Waals surface area (Å²) in [5.41, 5.74) is 0.362. The van der Waals surface area contributed by atoms with Crippen LogP contribution in [0, 0.1) is 0 Å². The van der Waals surface area contributed by atoms with E-state index in [1.54, 1.807) is 19.1 Å². The Bertz CT molecular complexity index is 1040. The summed E-state index contributed by atoms with van der Waals surface area (Å²) in [6, 6.07) is 7.26. The standard InChI is InChI=1S/C19H22ClNO8P2/c1-3-5-17(22)27-16-8-7-14(20)10-15(16)18-28-30(2,24)19(23,31(25,26)29-18)11-13-6-4-9-21-12-13/h4,6-10,12,18,23H,3,5,11H2,1-2H3,(H,25,26). The quantitative estimate of drug-likeness (QED) is 0.342. The highest BCUT2D eigenvalue weighted by Gasteiger charge is 2.65. The average molecular weight is 490 g/mol. The van der Waals surface area contributed by atoms with E-state index in [4.69, 9.17) is 25.4 Å². The highest BCUT2D eigenvalue weighted by Crippen LogP contribution is 2.79. The first-order chi connectivity index (χ1) is 14.5. The molecule has 0 spiro atoms. The molecule has 4 unspecified atom stereocenters. The molecule has 4 atom stereocenters. The van der Waals surface area contributed by atoms with Crippen molar-refractivity contribution in [2.45, 2.75) is 37.6 Å². The zero-order valence-corrected chi connectivity index (χ0v) is 19.3. The minimum absolute atomic E-state index is 0.00303. The first-order valence-corrected chi connectivity index (χ1v) is 13.4. The number of rotatable bonds is 6. The Morgan fingerprint density at radius 1 is 1.32 bits per heavy atom. The molecule has 0 amide bonds. The van der Waals surface area contributed by atoms with Gasteiger partial charge in [-0.25, -0.2) is 0 Å². The van der Waals surface area contributed by atoms with Crippen molar-refractivity contribution in [3.63, 3.8) is 0 Å². The smallest absolute Gasteiger partial charge is 0.372 e. The fourth-order valence-electron chi connectivity index (χ4n) is 3.04. The second-order valence-corrected chi connectivity index (χ2v) is 12.6. The van der Waals surface area contributed by atoms with Crippen molar-refractivity contribution >= 4 is 32.5 Å². The number of carbonyl (C=O) groups is 1. The van der Waals surface area contributed by atoms with Crippen LogP contribution in [0.5, 0.6) is 5.75 Å². The van der Waals surface area contributed by atoms with Crippen molar-refractivity contribution in [3.05, 3.63) is 58.9 Å². The van der Waals surface area contributed by atoms with Crippen molar-refractivity contribution in [1.29, 1.82) is 0 Å². The lowest BCUT2D eigenvalue weighted by Crippen LogP contribution is -2.37. The molecule has 9 nitrogen and oxygen atoms in total. The molecule has 12 heteroatoms. The third kappa shape index (κ3) is 4.94. The van der Waals surface area contributed by atoms with E-state index < -0.39 is 38.7 Å². The summed E-state index contributed by atoms with van der Waals surface area (Å²) < 4.78 is 42.5. The van der Waals surface area contributed by atoms with Crippen LogP contribution in [0.25, 0.3) is 0 Å². The van der Waals surface area contributed by atoms with Gasteiger partial charge in [-0.3, -0.25) is 28.0 Å². The van der Waals surface area contributed by atoms with E-state index in [0.717, 1.165) is 6.66 Å². The molecule has 168 valence electrons. The van der Waals surface area contributed by atoms with Crippen LogP contribution < -0.4 is 4.74 Å². The van der Waals surface area contributed by atoms with Crippen LogP contribution in [0.1, 0.15) is 37.2 Å². The van der Waals surface area contributed by atoms with Gasteiger partial charge in [0, 0.05) is 36.9 Å². The maximum atomic E-state index is 13.4. The fourth-order valence-corrected chi connectivity index (χ4v) is 7.53. The van der Waals surface area contributed by atoms with Gasteiger partial charge >= 0.3 is 13.6 Å². The van der Waals surface area contributed by atoms with Crippen molar-refractivity contribution in [3.8, 4) is 5.75 Å². The van der Waals surface area contributed by atoms with Crippen LogP contribution in [-0.4, -0.2) is 32.7 Å². The summed E-state index contributed by atoms with van der Waals surface area (Å²) in [7, 11) is -9.14. The van der Waals surface area contributed by atoms with E-state index >= 15 is 0 Å². The third-order valence-electron chi connectivity index (χ3n) is 4.71. The number of hydrogen-bond acceptors (Lipinski definition) is 8. The van der Waals surface area contributed by atoms with Gasteiger partial charge in [0.25, 0.3) is 0 Å². The highest BCUT2D eigenvalue weighted by molar-refractivity contribution is 7.76. The molecule has 3 rings (SSSR count). The van der Waals surface area contributed by atoms with Gasteiger partial charge in [-0.1, -0.05) is 24.6 Å². The minimum Gasteiger partial charge on any atom is -0.426 e. The SMILES string of the molecule is CCCC(=O)Oc1ccc(Cl)cc1C1OP(C)(=O)C(O)(Cc2cccnc2)P(=O)(O)O1. The van der Waals surface area contributed by atoms with Gasteiger partial charge in [-0.15, -0.1) is 0 Å². The maximum Gasteiger partial charge on any atom is 0.372 e. The topological polar surface area (TPSA) is 132 Å². The van der Waals surface area contributed by atoms with Crippen molar-refractivity contribution in [2.24, 2.45) is 0 Å². The minimum atomic E-state index is -4.94. The summed E-state index contributed by atoms with van der Waals surface area (Å²) in [6.45, 7) is 2.85. The predicted octanol–water partition coefficient (Wildman–Crippen LogP) is 4.47. The average Bonchev–Trinajstić information content (AvgIpc) is 2.68. The van der Waals surface area contributed by atoms with Crippen molar-refractivity contribution < 1.29 is 37.7 Å². The Morgan fingerprint density at radius 3 is 2.68 bits per heavy atom. The molecule has 1 saturated heterocycles. The van der Waals surface area contributed by atoms with Crippen molar-refractivity contribution in [1.82, 2.24) is 4.98 Å². The predicted molar refractivity (Wildman–Crippen MR) is 113 cm³/mol. The lowest BCUT2D eigenvalue weighted by Gasteiger charge is -2.43. The first kappa shape index (κ1) is 24.1. The number of benzene rings is 1. The fraction of sp³-hybridized carbons (Fsp3) is 0.368. The lowest BCUT2D eigenvalue weighted by atomic mass is 10.2. The van der Waals surface area contributed by atoms with Crippen LogP contribution in [0.4, 0.5) is 0 Å². The van der Waals surface area contributed by atoms with E-state index in [9.17, 15) is 23.9 Å². The molecule has 31 heavy (non-hydrogen) atoms. The number of nitrogens with zero attached hydrogens (tertiary/aromatic N) is 1. The van der Waals surface area contributed by atoms with Crippen LogP contribution in [0.3, 0.4) is 0 Å². The van der Waals surface area contributed by atoms with E-state index in [1.165, 1.54) is 30.6 Å². The summed E-state index contributed by atoms with van der Waals surface area (Å²) in [4.78, 5) is 26.5. The largest absolute Gasteiger partial charge is 0.426 e. The summed E-state index contributed by atoms with van der Waals surface area (Å²) in [5, 5.41) is 8.52. The number of esters is 1. The van der Waals surface area contributed by atoms with Crippen LogP contribution in [0.2, 0.25) is 5.02 Å². The number of halogens is 1. The van der Waals surface area contributed by atoms with E-state index in [0.29, 0.717) is 12.0 Å². The van der Waals surface area contributed by atoms with Gasteiger partial charge in [0.1, 0.15) is 5.75 Å². The van der Waals surface area contributed by atoms with Crippen LogP contribution >= 0.6 is 26.6 Å². The Kier molecular flexibility index (Phi) is 7.08. The molecule has 2 heterocycles. The Hall–Kier alpha value is -1.57. The number of carbonyl (C=O) groups excluding carboxylic acids is 1. The summed E-state index contributed by atoms with van der Waals surface area (Å²) >= 11 is 6.03. The Morgan fingerprint density at radius 2 is 2.06 bits per heavy atom. The van der Waals surface area contributed by atoms with Crippen LogP contribution in [-0.2, 0) is 29.4 Å². The molecule has 1 aliphatic rings. The second-order valence-electron chi connectivity index (χ2n) is 7.13. The zero-order chi connectivity index (χ0) is 22.9.